The Morgan fingerprint density at radius 1 is 1.21 bits per heavy atom. The topological polar surface area (TPSA) is 92.8 Å². The molecule has 0 amide bonds. The molecule has 0 aromatic carbocycles. The third kappa shape index (κ3) is 8.65. The minimum Gasteiger partial charge on any atom is -0.373 e. The molecular weight excluding hydrogens is 418 g/mol. The second-order valence-electron chi connectivity index (χ2n) is 8.00. The van der Waals surface area contributed by atoms with Gasteiger partial charge < -0.3 is 23.8 Å². The van der Waals surface area contributed by atoms with Crippen LogP contribution >= 0.6 is 15.7 Å². The van der Waals surface area contributed by atoms with Crippen LogP contribution in [0.4, 0.5) is 0 Å². The Labute approximate surface area is 175 Å². The smallest absolute Gasteiger partial charge is 0.273 e. The summed E-state index contributed by atoms with van der Waals surface area (Å²) in [5, 5.41) is 3.30. The van der Waals surface area contributed by atoms with E-state index in [1.54, 1.807) is 37.5 Å². The molecule has 172 valence electrons. The molecule has 2 fully saturated rings. The molecule has 2 heterocycles. The molecule has 0 spiro atoms. The first-order valence-corrected chi connectivity index (χ1v) is 13.2. The van der Waals surface area contributed by atoms with E-state index in [9.17, 15) is 9.13 Å². The first kappa shape index (κ1) is 25.4. The van der Waals surface area contributed by atoms with Gasteiger partial charge in [0.2, 0.25) is 0 Å². The van der Waals surface area contributed by atoms with Crippen LogP contribution in [0, 0.1) is 0 Å². The summed E-state index contributed by atoms with van der Waals surface area (Å²) in [5.74, 6) is 0. The number of rotatable bonds is 11. The van der Waals surface area contributed by atoms with Crippen molar-refractivity contribution in [2.45, 2.75) is 25.2 Å². The first-order valence-electron chi connectivity index (χ1n) is 10.1. The lowest BCUT2D eigenvalue weighted by molar-refractivity contribution is -0.0493. The molecule has 0 aromatic rings. The number of hydrogen-bond donors (Lipinski definition) is 1. The minimum atomic E-state index is -2.95. The first-order chi connectivity index (χ1) is 13.7. The van der Waals surface area contributed by atoms with Crippen molar-refractivity contribution in [3.05, 3.63) is 0 Å². The number of nitrogens with one attached hydrogen (secondary N) is 1. The molecule has 0 radical (unpaired) electrons. The van der Waals surface area contributed by atoms with E-state index in [4.69, 9.17) is 18.5 Å². The lowest BCUT2D eigenvalue weighted by Gasteiger charge is -2.35. The molecule has 2 aliphatic rings. The number of hydrogen-bond acceptors (Lipinski definition) is 8. The van der Waals surface area contributed by atoms with Crippen molar-refractivity contribution in [2.75, 3.05) is 86.9 Å². The molecular formula is C17H38N4O6P2. The second-order valence-corrected chi connectivity index (χ2v) is 12.5. The normalized spacial score (nSPS) is 29.8. The zero-order valence-corrected chi connectivity index (χ0v) is 20.2. The Hall–Kier alpha value is 0.140. The fourth-order valence-corrected chi connectivity index (χ4v) is 5.48. The number of ether oxygens (including phenoxy) is 2. The zero-order valence-electron chi connectivity index (χ0n) is 18.3. The van der Waals surface area contributed by atoms with Crippen molar-refractivity contribution >= 4 is 15.7 Å². The molecule has 10 nitrogen and oxygen atoms in total. The van der Waals surface area contributed by atoms with Gasteiger partial charge in [0.1, 0.15) is 0 Å². The summed E-state index contributed by atoms with van der Waals surface area (Å²) in [6.07, 6.45) is 0.335. The van der Waals surface area contributed by atoms with E-state index in [1.807, 2.05) is 6.92 Å². The molecule has 1 N–H and O–H groups in total. The Bertz CT molecular complexity index is 568. The van der Waals surface area contributed by atoms with Crippen LogP contribution in [0.3, 0.4) is 0 Å². The van der Waals surface area contributed by atoms with E-state index in [-0.39, 0.29) is 18.3 Å². The van der Waals surface area contributed by atoms with Gasteiger partial charge in [0.25, 0.3) is 15.7 Å². The third-order valence-corrected chi connectivity index (χ3v) is 8.66. The summed E-state index contributed by atoms with van der Waals surface area (Å²) < 4.78 is 51.2. The lowest BCUT2D eigenvalue weighted by Crippen LogP contribution is -2.46. The number of nitrogens with zero attached hydrogens (tertiary/aromatic N) is 3. The molecule has 0 aliphatic carbocycles. The van der Waals surface area contributed by atoms with E-state index in [0.717, 1.165) is 13.1 Å². The van der Waals surface area contributed by atoms with Crippen LogP contribution in [0.1, 0.15) is 6.92 Å². The van der Waals surface area contributed by atoms with Crippen LogP contribution in [0.25, 0.3) is 0 Å². The highest BCUT2D eigenvalue weighted by molar-refractivity contribution is 7.56. The molecule has 0 aromatic heterocycles. The molecule has 0 saturated carbocycles. The van der Waals surface area contributed by atoms with Gasteiger partial charge in [0.05, 0.1) is 44.3 Å². The minimum absolute atomic E-state index is 0.0864. The molecule has 5 atom stereocenters. The highest BCUT2D eigenvalue weighted by Crippen LogP contribution is 2.48. The fraction of sp³-hybridized carbons (Fsp3) is 1.00. The van der Waals surface area contributed by atoms with Gasteiger partial charge in [-0.15, -0.1) is 0 Å². The van der Waals surface area contributed by atoms with Gasteiger partial charge in [-0.1, -0.05) is 0 Å². The largest absolute Gasteiger partial charge is 0.373 e. The summed E-state index contributed by atoms with van der Waals surface area (Å²) in [7, 11) is 1.89. The second kappa shape index (κ2) is 12.2. The van der Waals surface area contributed by atoms with E-state index in [0.29, 0.717) is 45.6 Å². The zero-order chi connectivity index (χ0) is 21.4. The van der Waals surface area contributed by atoms with Crippen molar-refractivity contribution < 1.29 is 27.7 Å². The summed E-state index contributed by atoms with van der Waals surface area (Å²) in [6.45, 7) is 6.78. The molecule has 2 saturated heterocycles. The average Bonchev–Trinajstić information content (AvgIpc) is 2.69. The Kier molecular flexibility index (Phi) is 10.7. The molecule has 2 unspecified atom stereocenters. The molecule has 0 bridgehead atoms. The van der Waals surface area contributed by atoms with Crippen molar-refractivity contribution in [3.63, 3.8) is 0 Å². The van der Waals surface area contributed by atoms with E-state index < -0.39 is 15.7 Å². The van der Waals surface area contributed by atoms with Gasteiger partial charge in [-0.2, -0.15) is 0 Å². The SMILES string of the molecule is C[C@H]1CNC[C@@H](COP(=O)(CCN2CCO[C@H](CO[PH](=O)N(C)C)C2)N(C)C)O1. The van der Waals surface area contributed by atoms with Crippen LogP contribution in [0.15, 0.2) is 0 Å². The van der Waals surface area contributed by atoms with Gasteiger partial charge in [-0.3, -0.25) is 14.0 Å². The summed E-state index contributed by atoms with van der Waals surface area (Å²) >= 11 is 0. The van der Waals surface area contributed by atoms with Crippen LogP contribution in [0.2, 0.25) is 0 Å². The predicted molar refractivity (Wildman–Crippen MR) is 114 cm³/mol. The maximum Gasteiger partial charge on any atom is 0.273 e. The maximum atomic E-state index is 13.4. The summed E-state index contributed by atoms with van der Waals surface area (Å²) in [6, 6.07) is 0. The van der Waals surface area contributed by atoms with Gasteiger partial charge in [0, 0.05) is 32.7 Å². The van der Waals surface area contributed by atoms with E-state index >= 15 is 0 Å². The van der Waals surface area contributed by atoms with Crippen LogP contribution in [-0.4, -0.2) is 119 Å². The Morgan fingerprint density at radius 3 is 2.62 bits per heavy atom. The van der Waals surface area contributed by atoms with Crippen molar-refractivity contribution in [3.8, 4) is 0 Å². The average molecular weight is 456 g/mol. The standard InChI is InChI=1S/C17H38N4O6P2/c1-15-10-18-11-16(27-15)14-26-29(23,20(4)5)9-7-21-6-8-24-17(12-21)13-25-28(22)19(2)3/h15-18,28H,6-14H2,1-5H3/t15-,16-,17-,29?/m0/s1. The Morgan fingerprint density at radius 2 is 1.97 bits per heavy atom. The lowest BCUT2D eigenvalue weighted by atomic mass is 10.3. The molecule has 12 heteroatoms. The maximum absolute atomic E-state index is 13.4. The quantitative estimate of drug-likeness (QED) is 0.450. The van der Waals surface area contributed by atoms with Gasteiger partial charge in [-0.25, -0.2) is 9.34 Å². The summed E-state index contributed by atoms with van der Waals surface area (Å²) in [5.41, 5.74) is 0. The van der Waals surface area contributed by atoms with E-state index in [1.165, 1.54) is 0 Å². The van der Waals surface area contributed by atoms with Crippen LogP contribution < -0.4 is 5.32 Å². The van der Waals surface area contributed by atoms with Crippen molar-refractivity contribution in [1.29, 1.82) is 0 Å². The molecule has 2 aliphatic heterocycles. The molecule has 29 heavy (non-hydrogen) atoms. The summed E-state index contributed by atoms with van der Waals surface area (Å²) in [4.78, 5) is 2.20. The molecule has 2 rings (SSSR count). The van der Waals surface area contributed by atoms with Crippen LogP contribution in [0.5, 0.6) is 0 Å². The van der Waals surface area contributed by atoms with E-state index in [2.05, 4.69) is 10.2 Å². The van der Waals surface area contributed by atoms with Gasteiger partial charge in [0.15, 0.2) is 0 Å². The van der Waals surface area contributed by atoms with Crippen LogP contribution in [-0.2, 0) is 27.7 Å². The van der Waals surface area contributed by atoms with Crippen molar-refractivity contribution in [2.24, 2.45) is 0 Å². The number of morpholine rings is 2. The highest BCUT2D eigenvalue weighted by atomic mass is 31.2. The highest BCUT2D eigenvalue weighted by Gasteiger charge is 2.31. The van der Waals surface area contributed by atoms with Gasteiger partial charge in [-0.05, 0) is 35.1 Å². The van der Waals surface area contributed by atoms with Gasteiger partial charge >= 0.3 is 0 Å². The monoisotopic (exact) mass is 456 g/mol. The third-order valence-electron chi connectivity index (χ3n) is 4.98. The fourth-order valence-electron chi connectivity index (χ4n) is 3.20. The predicted octanol–water partition coefficient (Wildman–Crippen LogP) is 0.803. The van der Waals surface area contributed by atoms with Crippen molar-refractivity contribution in [1.82, 2.24) is 19.6 Å². The Balaban J connectivity index is 1.79.